The van der Waals surface area contributed by atoms with E-state index in [4.69, 9.17) is 0 Å². The highest BCUT2D eigenvalue weighted by Gasteiger charge is 2.38. The van der Waals surface area contributed by atoms with Crippen LogP contribution in [0, 0.1) is 11.8 Å². The molecule has 1 aromatic carbocycles. The quantitative estimate of drug-likeness (QED) is 0.580. The monoisotopic (exact) mass is 516 g/mol. The second-order valence-electron chi connectivity index (χ2n) is 9.63. The number of guanidine groups is 1. The van der Waals surface area contributed by atoms with Crippen LogP contribution in [0.1, 0.15) is 42.9 Å². The first-order chi connectivity index (χ1) is 16.9. The van der Waals surface area contributed by atoms with Crippen LogP contribution >= 0.6 is 0 Å². The van der Waals surface area contributed by atoms with Crippen molar-refractivity contribution in [3.8, 4) is 0 Å². The molecule has 1 aromatic rings. The molecule has 0 bridgehead atoms. The molecule has 2 unspecified atom stereocenters. The predicted molar refractivity (Wildman–Crippen MR) is 126 cm³/mol. The average molecular weight is 517 g/mol. The number of hydrogen-bond donors (Lipinski definition) is 1. The van der Waals surface area contributed by atoms with Crippen LogP contribution in [0.3, 0.4) is 0 Å². The third kappa shape index (κ3) is 6.19. The van der Waals surface area contributed by atoms with Crippen LogP contribution in [0.2, 0.25) is 0 Å². The maximum atomic E-state index is 13.4. The van der Waals surface area contributed by atoms with Crippen LogP contribution in [0.4, 0.5) is 26.3 Å². The van der Waals surface area contributed by atoms with Crippen molar-refractivity contribution in [1.29, 1.82) is 0 Å². The molecule has 4 rings (SSSR count). The Kier molecular flexibility index (Phi) is 7.63. The predicted octanol–water partition coefficient (Wildman–Crippen LogP) is 4.66. The van der Waals surface area contributed by atoms with Gasteiger partial charge in [-0.1, -0.05) is 6.92 Å². The summed E-state index contributed by atoms with van der Waals surface area (Å²) in [5.41, 5.74) is -2.71. The lowest BCUT2D eigenvalue weighted by atomic mass is 9.94. The second-order valence-corrected chi connectivity index (χ2v) is 9.63. The van der Waals surface area contributed by atoms with E-state index in [0.717, 1.165) is 25.1 Å². The zero-order valence-electron chi connectivity index (χ0n) is 20.1. The Morgan fingerprint density at radius 3 is 2.25 bits per heavy atom. The standard InChI is InChI=1S/C24H30F6N6/c1-3-20-9-21(4-5-31-20)36(22-32-10-16(11-33-22)17-12-34-35(2)14-17)13-15-6-18(23(25,26)27)8-19(7-15)24(28,29)30/h6-8,10,12,16-17,20-21,31H,3-5,9,11,13-14H2,1-2H3/t16?,17?,20-,21-/m1/s1. The van der Waals surface area contributed by atoms with Crippen molar-refractivity contribution in [3.63, 3.8) is 0 Å². The fraction of sp³-hybridized carbons (Fsp3) is 0.625. The summed E-state index contributed by atoms with van der Waals surface area (Å²) in [4.78, 5) is 11.0. The first-order valence-corrected chi connectivity index (χ1v) is 12.1. The number of hydrazone groups is 1. The molecular weight excluding hydrogens is 486 g/mol. The number of alkyl halides is 6. The second kappa shape index (κ2) is 10.4. The maximum Gasteiger partial charge on any atom is 0.416 e. The molecule has 3 aliphatic heterocycles. The van der Waals surface area contributed by atoms with Crippen LogP contribution in [-0.4, -0.2) is 67.1 Å². The molecule has 6 nitrogen and oxygen atoms in total. The van der Waals surface area contributed by atoms with Crippen molar-refractivity contribution in [2.45, 2.75) is 57.2 Å². The number of benzene rings is 1. The number of piperidine rings is 1. The van der Waals surface area contributed by atoms with Gasteiger partial charge < -0.3 is 10.2 Å². The van der Waals surface area contributed by atoms with Gasteiger partial charge in [-0.05, 0) is 49.6 Å². The lowest BCUT2D eigenvalue weighted by Crippen LogP contribution is -2.49. The Labute approximate surface area is 206 Å². The first kappa shape index (κ1) is 26.4. The summed E-state index contributed by atoms with van der Waals surface area (Å²) in [5.74, 6) is 0.534. The van der Waals surface area contributed by atoms with E-state index >= 15 is 0 Å². The number of halogens is 6. The molecule has 198 valence electrons. The van der Waals surface area contributed by atoms with Gasteiger partial charge in [0.25, 0.3) is 0 Å². The van der Waals surface area contributed by atoms with Crippen LogP contribution in [0.25, 0.3) is 0 Å². The van der Waals surface area contributed by atoms with Crippen molar-refractivity contribution >= 4 is 18.4 Å². The number of nitrogens with one attached hydrogen (secondary N) is 1. The van der Waals surface area contributed by atoms with Crippen LogP contribution in [0.5, 0.6) is 0 Å². The summed E-state index contributed by atoms with van der Waals surface area (Å²) < 4.78 is 80.7. The van der Waals surface area contributed by atoms with Crippen molar-refractivity contribution in [2.24, 2.45) is 26.9 Å². The van der Waals surface area contributed by atoms with E-state index in [-0.39, 0.29) is 42.1 Å². The fourth-order valence-electron chi connectivity index (χ4n) is 4.94. The number of nitrogens with zero attached hydrogens (tertiary/aromatic N) is 5. The van der Waals surface area contributed by atoms with Gasteiger partial charge in [-0.2, -0.15) is 31.4 Å². The Balaban J connectivity index is 1.63. The smallest absolute Gasteiger partial charge is 0.334 e. The van der Waals surface area contributed by atoms with E-state index in [0.29, 0.717) is 31.9 Å². The molecule has 0 spiro atoms. The molecule has 12 heteroatoms. The van der Waals surface area contributed by atoms with E-state index < -0.39 is 23.5 Å². The van der Waals surface area contributed by atoms with Gasteiger partial charge in [0, 0.05) is 56.5 Å². The molecule has 36 heavy (non-hydrogen) atoms. The van der Waals surface area contributed by atoms with Gasteiger partial charge >= 0.3 is 12.4 Å². The SMILES string of the molecule is CC[C@@H]1C[C@H](N(Cc2cc(C(F)(F)F)cc(C(F)(F)F)c2)C2=NCC(C3C=NN(C)C3)C=N2)CCN1. The Hall–Kier alpha value is -2.63. The minimum absolute atomic E-state index is 0.0334. The normalized spacial score (nSPS) is 26.9. The molecule has 0 aromatic heterocycles. The van der Waals surface area contributed by atoms with Gasteiger partial charge in [-0.3, -0.25) is 10.0 Å². The van der Waals surface area contributed by atoms with E-state index in [1.54, 1.807) is 11.1 Å². The molecular formula is C24H30F6N6. The van der Waals surface area contributed by atoms with Crippen molar-refractivity contribution < 1.29 is 26.3 Å². The van der Waals surface area contributed by atoms with Crippen molar-refractivity contribution in [3.05, 3.63) is 34.9 Å². The summed E-state index contributed by atoms with van der Waals surface area (Å²) in [6, 6.07) is 1.83. The maximum absolute atomic E-state index is 13.4. The van der Waals surface area contributed by atoms with Crippen molar-refractivity contribution in [2.75, 3.05) is 26.7 Å². The molecule has 3 heterocycles. The molecule has 0 aliphatic carbocycles. The average Bonchev–Trinajstić information content (AvgIpc) is 3.27. The summed E-state index contributed by atoms with van der Waals surface area (Å²) in [5, 5.41) is 9.48. The van der Waals surface area contributed by atoms with Gasteiger partial charge in [0.2, 0.25) is 5.96 Å². The van der Waals surface area contributed by atoms with Gasteiger partial charge in [-0.15, -0.1) is 0 Å². The zero-order chi connectivity index (χ0) is 26.1. The van der Waals surface area contributed by atoms with E-state index in [1.165, 1.54) is 0 Å². The van der Waals surface area contributed by atoms with Gasteiger partial charge in [0.1, 0.15) is 0 Å². The van der Waals surface area contributed by atoms with Gasteiger partial charge in [-0.25, -0.2) is 4.99 Å². The summed E-state index contributed by atoms with van der Waals surface area (Å²) in [7, 11) is 1.87. The molecule has 1 saturated heterocycles. The highest BCUT2D eigenvalue weighted by Crippen LogP contribution is 2.37. The third-order valence-electron chi connectivity index (χ3n) is 6.96. The molecule has 4 atom stereocenters. The minimum atomic E-state index is -4.90. The molecule has 1 fully saturated rings. The van der Waals surface area contributed by atoms with E-state index in [9.17, 15) is 26.3 Å². The van der Waals surface area contributed by atoms with Crippen LogP contribution < -0.4 is 5.32 Å². The highest BCUT2D eigenvalue weighted by molar-refractivity contribution is 5.91. The third-order valence-corrected chi connectivity index (χ3v) is 6.96. The molecule has 1 N–H and O–H groups in total. The number of aliphatic imine (C=N–C) groups is 2. The lowest BCUT2D eigenvalue weighted by Gasteiger charge is -2.39. The van der Waals surface area contributed by atoms with Crippen molar-refractivity contribution in [1.82, 2.24) is 15.2 Å². The molecule has 3 aliphatic rings. The molecule has 0 amide bonds. The van der Waals surface area contributed by atoms with Gasteiger partial charge in [0.05, 0.1) is 17.7 Å². The first-order valence-electron chi connectivity index (χ1n) is 12.1. The van der Waals surface area contributed by atoms with Crippen LogP contribution in [-0.2, 0) is 18.9 Å². The highest BCUT2D eigenvalue weighted by atomic mass is 19.4. The van der Waals surface area contributed by atoms with E-state index in [2.05, 4.69) is 20.4 Å². The minimum Gasteiger partial charge on any atom is -0.334 e. The zero-order valence-corrected chi connectivity index (χ0v) is 20.1. The number of hydrogen-bond acceptors (Lipinski definition) is 6. The molecule has 0 saturated carbocycles. The molecule has 0 radical (unpaired) electrons. The van der Waals surface area contributed by atoms with Gasteiger partial charge in [0.15, 0.2) is 0 Å². The van der Waals surface area contributed by atoms with E-state index in [1.807, 2.05) is 25.2 Å². The lowest BCUT2D eigenvalue weighted by molar-refractivity contribution is -0.143. The van der Waals surface area contributed by atoms with Crippen LogP contribution in [0.15, 0.2) is 33.3 Å². The number of rotatable bonds is 5. The topological polar surface area (TPSA) is 55.6 Å². The summed E-state index contributed by atoms with van der Waals surface area (Å²) in [6.45, 7) is 3.75. The summed E-state index contributed by atoms with van der Waals surface area (Å²) in [6.07, 6.45) is -3.91. The summed E-state index contributed by atoms with van der Waals surface area (Å²) >= 11 is 0. The Morgan fingerprint density at radius 1 is 1.03 bits per heavy atom. The fourth-order valence-corrected chi connectivity index (χ4v) is 4.94. The largest absolute Gasteiger partial charge is 0.416 e. The Morgan fingerprint density at radius 2 is 1.72 bits per heavy atom. The Bertz CT molecular complexity index is 985.